The van der Waals surface area contributed by atoms with E-state index in [0.717, 1.165) is 24.1 Å². The highest BCUT2D eigenvalue weighted by Gasteiger charge is 2.42. The summed E-state index contributed by atoms with van der Waals surface area (Å²) in [5.74, 6) is 3.31. The first-order chi connectivity index (χ1) is 15.3. The Morgan fingerprint density at radius 3 is 2.22 bits per heavy atom. The molecule has 2 aliphatic rings. The van der Waals surface area contributed by atoms with Crippen LogP contribution in [0.1, 0.15) is 33.9 Å². The third-order valence-corrected chi connectivity index (χ3v) is 6.45. The van der Waals surface area contributed by atoms with Crippen molar-refractivity contribution in [3.63, 3.8) is 0 Å². The Morgan fingerprint density at radius 1 is 0.969 bits per heavy atom. The molecular formula is C24H30NO7+. The quantitative estimate of drug-likeness (QED) is 0.479. The lowest BCUT2D eigenvalue weighted by Gasteiger charge is -2.43. The average molecular weight is 445 g/mol. The molecule has 2 aliphatic heterocycles. The molecule has 0 unspecified atom stereocenters. The molecule has 0 spiro atoms. The summed E-state index contributed by atoms with van der Waals surface area (Å²) in [6.45, 7) is 1.06. The molecule has 8 heteroatoms. The number of fused-ring (bicyclic) bond motifs is 2. The summed E-state index contributed by atoms with van der Waals surface area (Å²) in [7, 11) is 10.5. The van der Waals surface area contributed by atoms with Crippen molar-refractivity contribution in [1.82, 2.24) is 0 Å². The van der Waals surface area contributed by atoms with Gasteiger partial charge in [0.05, 0.1) is 61.1 Å². The van der Waals surface area contributed by atoms with E-state index in [1.807, 2.05) is 6.07 Å². The van der Waals surface area contributed by atoms with E-state index in [1.165, 1.54) is 21.3 Å². The maximum atomic E-state index is 13.5. The van der Waals surface area contributed by atoms with Gasteiger partial charge >= 0.3 is 0 Å². The van der Waals surface area contributed by atoms with Gasteiger partial charge in [-0.15, -0.1) is 0 Å². The van der Waals surface area contributed by atoms with E-state index in [9.17, 15) is 4.79 Å². The molecule has 2 heterocycles. The number of rotatable bonds is 7. The molecule has 0 saturated heterocycles. The third kappa shape index (κ3) is 3.58. The van der Waals surface area contributed by atoms with Crippen molar-refractivity contribution in [2.75, 3.05) is 55.9 Å². The summed E-state index contributed by atoms with van der Waals surface area (Å²) in [6.07, 6.45) is 1.15. The van der Waals surface area contributed by atoms with Gasteiger partial charge in [-0.05, 0) is 23.8 Å². The number of quaternary nitrogens is 1. The van der Waals surface area contributed by atoms with Crippen molar-refractivity contribution in [2.45, 2.75) is 18.9 Å². The van der Waals surface area contributed by atoms with Crippen LogP contribution in [0, 0.1) is 0 Å². The predicted octanol–water partition coefficient (Wildman–Crippen LogP) is 3.40. The van der Waals surface area contributed by atoms with Crippen molar-refractivity contribution < 1.29 is 37.7 Å². The monoisotopic (exact) mass is 444 g/mol. The molecule has 0 saturated carbocycles. The van der Waals surface area contributed by atoms with E-state index in [1.54, 1.807) is 19.2 Å². The van der Waals surface area contributed by atoms with Crippen LogP contribution in [-0.4, -0.2) is 66.1 Å². The number of benzene rings is 2. The van der Waals surface area contributed by atoms with E-state index in [-0.39, 0.29) is 25.0 Å². The lowest BCUT2D eigenvalue weighted by molar-refractivity contribution is -0.922. The van der Waals surface area contributed by atoms with Crippen LogP contribution in [0.25, 0.3) is 0 Å². The lowest BCUT2D eigenvalue weighted by Crippen LogP contribution is -2.48. The van der Waals surface area contributed by atoms with Crippen molar-refractivity contribution in [3.8, 4) is 34.5 Å². The molecule has 0 bridgehead atoms. The van der Waals surface area contributed by atoms with Gasteiger partial charge in [-0.1, -0.05) is 0 Å². The minimum absolute atomic E-state index is 0.0203. The SMILES string of the molecule is COc1cc(C(=O)C[C@@H]2c3c(cc4c(c3OC)OCO4)CC[N+]2(C)C)cc(OC)c1OC. The Labute approximate surface area is 188 Å². The first-order valence-corrected chi connectivity index (χ1v) is 10.5. The van der Waals surface area contributed by atoms with Gasteiger partial charge in [-0.3, -0.25) is 4.79 Å². The normalized spacial score (nSPS) is 18.0. The predicted molar refractivity (Wildman–Crippen MR) is 118 cm³/mol. The van der Waals surface area contributed by atoms with Gasteiger partial charge in [0.2, 0.25) is 18.3 Å². The number of methoxy groups -OCH3 is 4. The Kier molecular flexibility index (Phi) is 5.81. The van der Waals surface area contributed by atoms with Gasteiger partial charge in [-0.25, -0.2) is 0 Å². The van der Waals surface area contributed by atoms with Crippen molar-refractivity contribution in [2.24, 2.45) is 0 Å². The zero-order valence-corrected chi connectivity index (χ0v) is 19.4. The summed E-state index contributed by atoms with van der Waals surface area (Å²) < 4.78 is 34.0. The number of carbonyl (C=O) groups excluding carboxylic acids is 1. The highest BCUT2D eigenvalue weighted by atomic mass is 16.7. The fourth-order valence-electron chi connectivity index (χ4n) is 4.65. The van der Waals surface area contributed by atoms with Crippen LogP contribution >= 0.6 is 0 Å². The third-order valence-electron chi connectivity index (χ3n) is 6.45. The van der Waals surface area contributed by atoms with Gasteiger partial charge in [0.1, 0.15) is 6.04 Å². The van der Waals surface area contributed by atoms with Crippen LogP contribution in [-0.2, 0) is 6.42 Å². The molecule has 8 nitrogen and oxygen atoms in total. The molecule has 0 N–H and O–H groups in total. The van der Waals surface area contributed by atoms with Gasteiger partial charge in [0.25, 0.3) is 0 Å². The first kappa shape index (κ1) is 22.1. The molecule has 1 atom stereocenters. The Hall–Kier alpha value is -3.13. The molecule has 0 amide bonds. The van der Waals surface area contributed by atoms with Crippen LogP contribution in [0.4, 0.5) is 0 Å². The van der Waals surface area contributed by atoms with Crippen molar-refractivity contribution >= 4 is 5.78 Å². The highest BCUT2D eigenvalue weighted by molar-refractivity contribution is 5.98. The molecule has 0 radical (unpaired) electrons. The second-order valence-corrected chi connectivity index (χ2v) is 8.53. The van der Waals surface area contributed by atoms with Gasteiger partial charge in [0, 0.05) is 12.0 Å². The molecule has 0 aromatic heterocycles. The minimum Gasteiger partial charge on any atom is -0.493 e. The largest absolute Gasteiger partial charge is 0.493 e. The van der Waals surface area contributed by atoms with Crippen LogP contribution in [0.2, 0.25) is 0 Å². The van der Waals surface area contributed by atoms with E-state index in [0.29, 0.717) is 44.5 Å². The smallest absolute Gasteiger partial charge is 0.231 e. The average Bonchev–Trinajstić information content (AvgIpc) is 3.26. The number of nitrogens with zero attached hydrogens (tertiary/aromatic N) is 1. The Morgan fingerprint density at radius 2 is 1.62 bits per heavy atom. The summed E-state index contributed by atoms with van der Waals surface area (Å²) in [5.41, 5.74) is 2.64. The fourth-order valence-corrected chi connectivity index (χ4v) is 4.65. The number of hydrogen-bond acceptors (Lipinski definition) is 7. The van der Waals surface area contributed by atoms with Crippen molar-refractivity contribution in [1.29, 1.82) is 0 Å². The van der Waals surface area contributed by atoms with Crippen LogP contribution in [0.15, 0.2) is 18.2 Å². The molecule has 2 aromatic rings. The van der Waals surface area contributed by atoms with E-state index in [2.05, 4.69) is 14.1 Å². The lowest BCUT2D eigenvalue weighted by atomic mass is 9.86. The number of hydrogen-bond donors (Lipinski definition) is 0. The molecule has 4 rings (SSSR count). The summed E-state index contributed by atoms with van der Waals surface area (Å²) in [5, 5.41) is 0. The Bertz CT molecular complexity index is 1020. The zero-order valence-electron chi connectivity index (χ0n) is 19.4. The van der Waals surface area contributed by atoms with Crippen molar-refractivity contribution in [3.05, 3.63) is 34.9 Å². The van der Waals surface area contributed by atoms with Crippen LogP contribution in [0.3, 0.4) is 0 Å². The second-order valence-electron chi connectivity index (χ2n) is 8.53. The van der Waals surface area contributed by atoms with Gasteiger partial charge in [-0.2, -0.15) is 0 Å². The number of likely N-dealkylation sites (N-methyl/N-ethyl adjacent to an activating group) is 1. The molecular weight excluding hydrogens is 414 g/mol. The minimum atomic E-state index is -0.116. The zero-order chi connectivity index (χ0) is 23.0. The molecule has 172 valence electrons. The second kappa shape index (κ2) is 8.43. The maximum absolute atomic E-state index is 13.5. The number of Topliss-reactive ketones (excluding diaryl/α,β-unsaturated/α-hetero) is 1. The fraction of sp³-hybridized carbons (Fsp3) is 0.458. The first-order valence-electron chi connectivity index (χ1n) is 10.5. The van der Waals surface area contributed by atoms with E-state index >= 15 is 0 Å². The summed E-state index contributed by atoms with van der Waals surface area (Å²) >= 11 is 0. The Balaban J connectivity index is 1.76. The molecule has 2 aromatic carbocycles. The molecule has 0 aliphatic carbocycles. The topological polar surface area (TPSA) is 72.5 Å². The summed E-state index contributed by atoms with van der Waals surface area (Å²) in [4.78, 5) is 13.5. The number of carbonyl (C=O) groups is 1. The van der Waals surface area contributed by atoms with Crippen LogP contribution in [0.5, 0.6) is 34.5 Å². The van der Waals surface area contributed by atoms with Gasteiger partial charge in [0.15, 0.2) is 28.8 Å². The van der Waals surface area contributed by atoms with Crippen LogP contribution < -0.4 is 28.4 Å². The molecule has 0 fully saturated rings. The number of ketones is 1. The summed E-state index contributed by atoms with van der Waals surface area (Å²) in [6, 6.07) is 5.31. The highest BCUT2D eigenvalue weighted by Crippen LogP contribution is 2.51. The van der Waals surface area contributed by atoms with E-state index in [4.69, 9.17) is 28.4 Å². The standard InChI is InChI=1S/C24H30NO7/c1-25(2)8-7-14-9-20-23(32-13-31-20)24(30-6)21(14)16(25)12-17(26)15-10-18(27-3)22(29-5)19(11-15)28-4/h9-11,16H,7-8,12-13H2,1-6H3/q+1/t16-/m1/s1. The van der Waals surface area contributed by atoms with Gasteiger partial charge < -0.3 is 32.9 Å². The van der Waals surface area contributed by atoms with E-state index < -0.39 is 0 Å². The number of ether oxygens (including phenoxy) is 6. The molecule has 32 heavy (non-hydrogen) atoms. The maximum Gasteiger partial charge on any atom is 0.231 e.